The van der Waals surface area contributed by atoms with Crippen LogP contribution in [0.3, 0.4) is 0 Å². The Balaban J connectivity index is 1.27. The number of fused-ring (bicyclic) bond motifs is 1. The number of nitrogens with zero attached hydrogens (tertiary/aromatic N) is 2. The SMILES string of the molecule is O=C1C[C@H]([NH+]2CCN(S(=O)(=O)c3ccc4c(c3)OCCO4)CC2)C(=O)N1c1cccc(C(F)(F)F)c1. The number of imide groups is 1. The molecule has 0 aromatic heterocycles. The van der Waals surface area contributed by atoms with Crippen molar-refractivity contribution in [3.05, 3.63) is 48.0 Å². The number of hydrogen-bond acceptors (Lipinski definition) is 6. The van der Waals surface area contributed by atoms with Crippen LogP contribution < -0.4 is 19.3 Å². The first kappa shape index (κ1) is 24.5. The van der Waals surface area contributed by atoms with Crippen molar-refractivity contribution in [1.82, 2.24) is 4.31 Å². The Labute approximate surface area is 205 Å². The molecule has 192 valence electrons. The smallest absolute Gasteiger partial charge is 0.416 e. The zero-order valence-corrected chi connectivity index (χ0v) is 19.8. The number of halogens is 3. The van der Waals surface area contributed by atoms with Crippen LogP contribution in [0.5, 0.6) is 11.5 Å². The summed E-state index contributed by atoms with van der Waals surface area (Å²) in [5, 5.41) is 0. The zero-order chi connectivity index (χ0) is 25.7. The number of rotatable bonds is 4. The Kier molecular flexibility index (Phi) is 6.17. The number of carbonyl (C=O) groups is 2. The molecule has 13 heteroatoms. The minimum atomic E-state index is -4.61. The fourth-order valence-corrected chi connectivity index (χ4v) is 6.20. The van der Waals surface area contributed by atoms with Crippen LogP contribution in [-0.2, 0) is 25.8 Å². The quantitative estimate of drug-likeness (QED) is 0.590. The van der Waals surface area contributed by atoms with Gasteiger partial charge in [0.15, 0.2) is 17.5 Å². The summed E-state index contributed by atoms with van der Waals surface area (Å²) in [7, 11) is -3.82. The van der Waals surface area contributed by atoms with E-state index in [-0.39, 0.29) is 43.2 Å². The van der Waals surface area contributed by atoms with Gasteiger partial charge in [0.05, 0.1) is 48.7 Å². The number of sulfonamides is 1. The number of hydrogen-bond donors (Lipinski definition) is 1. The van der Waals surface area contributed by atoms with Crippen LogP contribution in [0.2, 0.25) is 0 Å². The second-order valence-electron chi connectivity index (χ2n) is 8.74. The fourth-order valence-electron chi connectivity index (χ4n) is 4.74. The fraction of sp³-hybridized carbons (Fsp3) is 0.391. The Morgan fingerprint density at radius 2 is 1.64 bits per heavy atom. The molecule has 2 amide bonds. The molecule has 3 aliphatic heterocycles. The average molecular weight is 527 g/mol. The van der Waals surface area contributed by atoms with Crippen molar-refractivity contribution >= 4 is 27.5 Å². The van der Waals surface area contributed by atoms with Gasteiger partial charge in [0, 0.05) is 6.07 Å². The molecule has 9 nitrogen and oxygen atoms in total. The van der Waals surface area contributed by atoms with Gasteiger partial charge in [-0.15, -0.1) is 0 Å². The van der Waals surface area contributed by atoms with Gasteiger partial charge in [0.25, 0.3) is 5.91 Å². The number of quaternary nitrogens is 1. The number of benzene rings is 2. The number of nitrogens with one attached hydrogen (secondary N) is 1. The lowest BCUT2D eigenvalue weighted by atomic mass is 10.1. The van der Waals surface area contributed by atoms with Crippen LogP contribution in [0.25, 0.3) is 0 Å². The van der Waals surface area contributed by atoms with Gasteiger partial charge in [-0.25, -0.2) is 13.3 Å². The van der Waals surface area contributed by atoms with Crippen molar-refractivity contribution in [3.63, 3.8) is 0 Å². The first-order valence-corrected chi connectivity index (χ1v) is 12.8. The molecule has 3 aliphatic rings. The molecular formula is C23H23F3N3O6S+. The number of anilines is 1. The van der Waals surface area contributed by atoms with Crippen LogP contribution >= 0.6 is 0 Å². The molecule has 0 radical (unpaired) electrons. The Hall–Kier alpha value is -3.16. The predicted molar refractivity (Wildman–Crippen MR) is 119 cm³/mol. The number of carbonyl (C=O) groups excluding carboxylic acids is 2. The normalized spacial score (nSPS) is 21.8. The monoisotopic (exact) mass is 526 g/mol. The predicted octanol–water partition coefficient (Wildman–Crippen LogP) is 0.698. The van der Waals surface area contributed by atoms with Crippen LogP contribution in [0.4, 0.5) is 18.9 Å². The molecule has 0 spiro atoms. The van der Waals surface area contributed by atoms with Crippen molar-refractivity contribution in [1.29, 1.82) is 0 Å². The molecule has 1 atom stereocenters. The lowest BCUT2D eigenvalue weighted by molar-refractivity contribution is -0.918. The Morgan fingerprint density at radius 1 is 0.944 bits per heavy atom. The van der Waals surface area contributed by atoms with Crippen molar-refractivity contribution in [2.45, 2.75) is 23.5 Å². The summed E-state index contributed by atoms with van der Waals surface area (Å²) in [6.45, 7) is 1.48. The second-order valence-corrected chi connectivity index (χ2v) is 10.7. The zero-order valence-electron chi connectivity index (χ0n) is 19.0. The number of amides is 2. The average Bonchev–Trinajstić information content (AvgIpc) is 3.17. The molecule has 2 aromatic carbocycles. The topological polar surface area (TPSA) is 97.7 Å². The van der Waals surface area contributed by atoms with Crippen molar-refractivity contribution < 1.29 is 45.6 Å². The summed E-state index contributed by atoms with van der Waals surface area (Å²) in [4.78, 5) is 27.2. The Bertz CT molecular complexity index is 1310. The number of piperazine rings is 1. The molecule has 2 aromatic rings. The minimum Gasteiger partial charge on any atom is -0.486 e. The molecule has 0 aliphatic carbocycles. The maximum Gasteiger partial charge on any atom is 0.416 e. The van der Waals surface area contributed by atoms with Gasteiger partial charge in [0.2, 0.25) is 15.9 Å². The third-order valence-electron chi connectivity index (χ3n) is 6.59. The summed E-state index contributed by atoms with van der Waals surface area (Å²) in [6.07, 6.45) is -4.76. The van der Waals surface area contributed by atoms with Crippen LogP contribution in [-0.4, -0.2) is 70.0 Å². The highest BCUT2D eigenvalue weighted by Gasteiger charge is 2.47. The lowest BCUT2D eigenvalue weighted by Gasteiger charge is -2.33. The van der Waals surface area contributed by atoms with E-state index < -0.39 is 39.6 Å². The van der Waals surface area contributed by atoms with Gasteiger partial charge in [-0.05, 0) is 30.3 Å². The maximum absolute atomic E-state index is 13.2. The summed E-state index contributed by atoms with van der Waals surface area (Å²) in [6, 6.07) is 7.74. The Morgan fingerprint density at radius 3 is 2.33 bits per heavy atom. The van der Waals surface area contributed by atoms with Gasteiger partial charge >= 0.3 is 6.18 Å². The molecule has 0 bridgehead atoms. The minimum absolute atomic E-state index is 0.0676. The van der Waals surface area contributed by atoms with Crippen LogP contribution in [0, 0.1) is 0 Å². The molecule has 2 saturated heterocycles. The second kappa shape index (κ2) is 9.05. The first-order chi connectivity index (χ1) is 17.1. The van der Waals surface area contributed by atoms with Crippen LogP contribution in [0.15, 0.2) is 47.4 Å². The third kappa shape index (κ3) is 4.42. The van der Waals surface area contributed by atoms with E-state index in [0.717, 1.165) is 28.0 Å². The summed E-state index contributed by atoms with van der Waals surface area (Å²) in [5.41, 5.74) is -1.07. The van der Waals surface area contributed by atoms with E-state index in [1.165, 1.54) is 22.5 Å². The van der Waals surface area contributed by atoms with E-state index in [4.69, 9.17) is 9.47 Å². The van der Waals surface area contributed by atoms with E-state index >= 15 is 0 Å². The van der Waals surface area contributed by atoms with Gasteiger partial charge in [-0.1, -0.05) is 6.07 Å². The third-order valence-corrected chi connectivity index (χ3v) is 8.48. The van der Waals surface area contributed by atoms with E-state index in [1.54, 1.807) is 6.07 Å². The molecule has 36 heavy (non-hydrogen) atoms. The van der Waals surface area contributed by atoms with Crippen molar-refractivity contribution in [2.24, 2.45) is 0 Å². The van der Waals surface area contributed by atoms with Gasteiger partial charge in [-0.3, -0.25) is 9.59 Å². The molecule has 0 saturated carbocycles. The summed E-state index contributed by atoms with van der Waals surface area (Å²) in [5.74, 6) is -0.332. The van der Waals surface area contributed by atoms with E-state index in [0.29, 0.717) is 24.7 Å². The largest absolute Gasteiger partial charge is 0.486 e. The van der Waals surface area contributed by atoms with E-state index in [2.05, 4.69) is 0 Å². The molecular weight excluding hydrogens is 503 g/mol. The molecule has 1 N–H and O–H groups in total. The number of alkyl halides is 3. The van der Waals surface area contributed by atoms with Gasteiger partial charge in [-0.2, -0.15) is 17.5 Å². The van der Waals surface area contributed by atoms with Crippen molar-refractivity contribution in [2.75, 3.05) is 44.3 Å². The van der Waals surface area contributed by atoms with Crippen molar-refractivity contribution in [3.8, 4) is 11.5 Å². The molecule has 3 heterocycles. The first-order valence-electron chi connectivity index (χ1n) is 11.3. The maximum atomic E-state index is 13.2. The molecule has 5 rings (SSSR count). The number of ether oxygens (including phenoxy) is 2. The van der Waals surface area contributed by atoms with Gasteiger partial charge in [0.1, 0.15) is 13.2 Å². The highest BCUT2D eigenvalue weighted by atomic mass is 32.2. The molecule has 0 unspecified atom stereocenters. The van der Waals surface area contributed by atoms with Crippen LogP contribution in [0.1, 0.15) is 12.0 Å². The van der Waals surface area contributed by atoms with E-state index in [1.807, 2.05) is 0 Å². The summed E-state index contributed by atoms with van der Waals surface area (Å²) < 4.78 is 77.8. The highest BCUT2D eigenvalue weighted by molar-refractivity contribution is 7.89. The lowest BCUT2D eigenvalue weighted by Crippen LogP contribution is -3.19. The standard InChI is InChI=1S/C23H22F3N3O6S/c24-23(25,26)15-2-1-3-16(12-15)29-21(30)14-18(22(29)31)27-6-8-28(9-7-27)36(32,33)17-4-5-19-20(13-17)35-11-10-34-19/h1-5,12-13,18H,6-11,14H2/p+1/t18-/m0/s1. The van der Waals surface area contributed by atoms with Gasteiger partial charge < -0.3 is 14.4 Å². The summed E-state index contributed by atoms with van der Waals surface area (Å²) >= 11 is 0. The van der Waals surface area contributed by atoms with E-state index in [9.17, 15) is 31.2 Å². The molecule has 2 fully saturated rings. The highest BCUT2D eigenvalue weighted by Crippen LogP contribution is 2.34.